The van der Waals surface area contributed by atoms with E-state index in [-0.39, 0.29) is 23.5 Å². The first-order chi connectivity index (χ1) is 11.2. The van der Waals surface area contributed by atoms with Crippen LogP contribution in [0.5, 0.6) is 0 Å². The fourth-order valence-corrected chi connectivity index (χ4v) is 4.72. The van der Waals surface area contributed by atoms with Crippen molar-refractivity contribution in [1.82, 2.24) is 9.88 Å². The number of amides is 1. The number of rotatable bonds is 3. The first-order valence-electron chi connectivity index (χ1n) is 8.94. The molecule has 23 heavy (non-hydrogen) atoms. The highest BCUT2D eigenvalue weighted by Gasteiger charge is 2.55. The third-order valence-electron chi connectivity index (χ3n) is 6.28. The number of nitrogens with one attached hydrogen (secondary N) is 1. The summed E-state index contributed by atoms with van der Waals surface area (Å²) in [4.78, 5) is 12.8. The van der Waals surface area contributed by atoms with Gasteiger partial charge in [0.25, 0.3) is 5.91 Å². The van der Waals surface area contributed by atoms with Crippen LogP contribution < -0.4 is 5.32 Å². The van der Waals surface area contributed by atoms with E-state index in [0.29, 0.717) is 25.7 Å². The molecule has 126 valence electrons. The van der Waals surface area contributed by atoms with Crippen LogP contribution in [-0.2, 0) is 4.74 Å². The van der Waals surface area contributed by atoms with Crippen molar-refractivity contribution in [3.63, 3.8) is 0 Å². The molecule has 1 saturated heterocycles. The Bertz CT molecular complexity index is 571. The number of carbonyl (C=O) groups excluding carboxylic acids is 1. The van der Waals surface area contributed by atoms with Gasteiger partial charge in [0.15, 0.2) is 0 Å². The molecule has 5 nitrogen and oxygen atoms in total. The molecular weight excluding hydrogens is 292 g/mol. The summed E-state index contributed by atoms with van der Waals surface area (Å²) in [7, 11) is 0. The Morgan fingerprint density at radius 2 is 2.04 bits per heavy atom. The van der Waals surface area contributed by atoms with E-state index in [2.05, 4.69) is 9.88 Å². The maximum atomic E-state index is 12.8. The van der Waals surface area contributed by atoms with Crippen molar-refractivity contribution >= 4 is 5.91 Å². The van der Waals surface area contributed by atoms with Crippen LogP contribution in [0.3, 0.4) is 0 Å². The lowest BCUT2D eigenvalue weighted by Crippen LogP contribution is -2.65. The lowest BCUT2D eigenvalue weighted by molar-refractivity contribution is -0.145. The number of carbonyl (C=O) groups is 1. The molecule has 4 rings (SSSR count). The second-order valence-corrected chi connectivity index (χ2v) is 7.36. The van der Waals surface area contributed by atoms with Crippen molar-refractivity contribution in [3.05, 3.63) is 24.0 Å². The van der Waals surface area contributed by atoms with Gasteiger partial charge in [0, 0.05) is 36.9 Å². The third-order valence-corrected chi connectivity index (χ3v) is 6.28. The Morgan fingerprint density at radius 3 is 2.74 bits per heavy atom. The largest absolute Gasteiger partial charge is 0.392 e. The molecule has 2 atom stereocenters. The van der Waals surface area contributed by atoms with Crippen molar-refractivity contribution in [2.45, 2.75) is 63.1 Å². The van der Waals surface area contributed by atoms with Crippen LogP contribution in [0.2, 0.25) is 0 Å². The molecule has 0 aromatic carbocycles. The van der Waals surface area contributed by atoms with E-state index in [9.17, 15) is 9.90 Å². The fraction of sp³-hybridized carbons (Fsp3) is 0.722. The van der Waals surface area contributed by atoms with Crippen molar-refractivity contribution in [3.8, 4) is 0 Å². The molecule has 2 saturated carbocycles. The van der Waals surface area contributed by atoms with Gasteiger partial charge in [0.05, 0.1) is 6.10 Å². The van der Waals surface area contributed by atoms with E-state index >= 15 is 0 Å². The van der Waals surface area contributed by atoms with E-state index in [0.717, 1.165) is 18.5 Å². The SMILES string of the molecule is O=C(N[C@@H]1C[C@@H](O)C12CCOCC2)c1cccn1C1CCCC1. The predicted octanol–water partition coefficient (Wildman–Crippen LogP) is 2.26. The maximum absolute atomic E-state index is 12.8. The van der Waals surface area contributed by atoms with Gasteiger partial charge in [-0.05, 0) is 44.2 Å². The topological polar surface area (TPSA) is 63.5 Å². The second kappa shape index (κ2) is 5.95. The maximum Gasteiger partial charge on any atom is 0.268 e. The van der Waals surface area contributed by atoms with Crippen LogP contribution in [0.15, 0.2) is 18.3 Å². The summed E-state index contributed by atoms with van der Waals surface area (Å²) < 4.78 is 7.58. The molecule has 5 heteroatoms. The van der Waals surface area contributed by atoms with Crippen LogP contribution >= 0.6 is 0 Å². The van der Waals surface area contributed by atoms with Gasteiger partial charge in [0.2, 0.25) is 0 Å². The van der Waals surface area contributed by atoms with Crippen LogP contribution in [-0.4, -0.2) is 40.9 Å². The number of aliphatic hydroxyl groups is 1. The molecule has 2 heterocycles. The predicted molar refractivity (Wildman–Crippen MR) is 86.3 cm³/mol. The summed E-state index contributed by atoms with van der Waals surface area (Å²) in [6.45, 7) is 1.36. The summed E-state index contributed by atoms with van der Waals surface area (Å²) in [6.07, 6.45) is 8.89. The minimum Gasteiger partial charge on any atom is -0.392 e. The van der Waals surface area contributed by atoms with Gasteiger partial charge in [-0.15, -0.1) is 0 Å². The molecule has 0 bridgehead atoms. The molecule has 1 aromatic heterocycles. The normalized spacial score (nSPS) is 30.3. The molecular formula is C18H26N2O3. The summed E-state index contributed by atoms with van der Waals surface area (Å²) in [5.74, 6) is 0.00432. The summed E-state index contributed by atoms with van der Waals surface area (Å²) in [5, 5.41) is 13.5. The van der Waals surface area contributed by atoms with Gasteiger partial charge in [-0.25, -0.2) is 0 Å². The number of nitrogens with zero attached hydrogens (tertiary/aromatic N) is 1. The first-order valence-corrected chi connectivity index (χ1v) is 8.94. The van der Waals surface area contributed by atoms with Crippen LogP contribution in [0.4, 0.5) is 0 Å². The lowest BCUT2D eigenvalue weighted by Gasteiger charge is -2.55. The zero-order chi connectivity index (χ0) is 15.9. The summed E-state index contributed by atoms with van der Waals surface area (Å²) in [5.41, 5.74) is 0.596. The molecule has 2 aliphatic carbocycles. The first kappa shape index (κ1) is 15.2. The molecule has 2 N–H and O–H groups in total. The molecule has 1 spiro atoms. The van der Waals surface area contributed by atoms with Crippen molar-refractivity contribution in [2.75, 3.05) is 13.2 Å². The number of ether oxygens (including phenoxy) is 1. The van der Waals surface area contributed by atoms with Gasteiger partial charge in [-0.3, -0.25) is 4.79 Å². The Balaban J connectivity index is 1.47. The Kier molecular flexibility index (Phi) is 3.93. The standard InChI is InChI=1S/C18H26N2O3/c21-16-12-15(18(16)7-10-23-11-8-18)19-17(22)14-6-3-9-20(14)13-4-1-2-5-13/h3,6,9,13,15-16,21H,1-2,4-5,7-8,10-12H2,(H,19,22)/t15-,16-/m1/s1. The van der Waals surface area contributed by atoms with Crippen molar-refractivity contribution in [2.24, 2.45) is 5.41 Å². The Morgan fingerprint density at radius 1 is 1.30 bits per heavy atom. The average Bonchev–Trinajstić information content (AvgIpc) is 3.26. The van der Waals surface area contributed by atoms with Crippen molar-refractivity contribution < 1.29 is 14.6 Å². The van der Waals surface area contributed by atoms with Gasteiger partial charge in [-0.2, -0.15) is 0 Å². The van der Waals surface area contributed by atoms with E-state index in [4.69, 9.17) is 4.74 Å². The lowest BCUT2D eigenvalue weighted by atomic mass is 9.58. The quantitative estimate of drug-likeness (QED) is 0.898. The zero-order valence-electron chi connectivity index (χ0n) is 13.5. The highest BCUT2D eigenvalue weighted by molar-refractivity contribution is 5.93. The zero-order valence-corrected chi connectivity index (χ0v) is 13.5. The smallest absolute Gasteiger partial charge is 0.268 e. The number of aromatic nitrogens is 1. The number of hydrogen-bond acceptors (Lipinski definition) is 3. The van der Waals surface area contributed by atoms with Crippen LogP contribution in [0.1, 0.15) is 61.5 Å². The molecule has 3 fully saturated rings. The fourth-order valence-electron chi connectivity index (χ4n) is 4.72. The third kappa shape index (κ3) is 2.50. The Labute approximate surface area is 137 Å². The molecule has 1 aromatic rings. The second-order valence-electron chi connectivity index (χ2n) is 7.36. The molecule has 1 aliphatic heterocycles. The van der Waals surface area contributed by atoms with Crippen LogP contribution in [0, 0.1) is 5.41 Å². The molecule has 0 unspecified atom stereocenters. The van der Waals surface area contributed by atoms with Gasteiger partial charge in [0.1, 0.15) is 5.69 Å². The van der Waals surface area contributed by atoms with Crippen LogP contribution in [0.25, 0.3) is 0 Å². The van der Waals surface area contributed by atoms with Gasteiger partial charge in [-0.1, -0.05) is 12.8 Å². The van der Waals surface area contributed by atoms with Gasteiger partial charge >= 0.3 is 0 Å². The number of aliphatic hydroxyl groups excluding tert-OH is 1. The summed E-state index contributed by atoms with van der Waals surface area (Å²) >= 11 is 0. The monoisotopic (exact) mass is 318 g/mol. The molecule has 3 aliphatic rings. The molecule has 0 radical (unpaired) electrons. The van der Waals surface area contributed by atoms with E-state index in [1.165, 1.54) is 25.7 Å². The molecule has 1 amide bonds. The van der Waals surface area contributed by atoms with Gasteiger partial charge < -0.3 is 19.7 Å². The minimum absolute atomic E-state index is 0.00432. The van der Waals surface area contributed by atoms with E-state index in [1.807, 2.05) is 18.3 Å². The van der Waals surface area contributed by atoms with E-state index in [1.54, 1.807) is 0 Å². The van der Waals surface area contributed by atoms with Crippen molar-refractivity contribution in [1.29, 1.82) is 0 Å². The minimum atomic E-state index is -0.307. The number of hydrogen-bond donors (Lipinski definition) is 2. The van der Waals surface area contributed by atoms with E-state index < -0.39 is 0 Å². The summed E-state index contributed by atoms with van der Waals surface area (Å²) in [6, 6.07) is 4.42. The highest BCUT2D eigenvalue weighted by Crippen LogP contribution is 2.49. The highest BCUT2D eigenvalue weighted by atomic mass is 16.5. The Hall–Kier alpha value is -1.33. The average molecular weight is 318 g/mol.